The normalized spacial score (nSPS) is 20.1. The van der Waals surface area contributed by atoms with Crippen LogP contribution in [-0.4, -0.2) is 29.5 Å². The number of nitrogens with one attached hydrogen (secondary N) is 3. The molecule has 5 N–H and O–H groups in total. The summed E-state index contributed by atoms with van der Waals surface area (Å²) in [4.78, 5) is 0. The second-order valence-electron chi connectivity index (χ2n) is 2.96. The molecule has 0 amide bonds. The standard InChI is InChI=1S/C7H14N4OS2/c8-6(13)10-11-7(14)9-4-5-2-1-3-12-5/h5H,1-4H2,(H3,8,10,13)(H2,9,11,14). The Labute approximate surface area is 93.7 Å². The SMILES string of the molecule is NC(=S)NNC(=S)NCC1CCCO1. The molecule has 5 nitrogen and oxygen atoms in total. The van der Waals surface area contributed by atoms with Gasteiger partial charge in [0.25, 0.3) is 0 Å². The van der Waals surface area contributed by atoms with Crippen molar-refractivity contribution in [3.05, 3.63) is 0 Å². The van der Waals surface area contributed by atoms with Gasteiger partial charge in [-0.15, -0.1) is 0 Å². The molecule has 1 saturated heterocycles. The summed E-state index contributed by atoms with van der Waals surface area (Å²) in [6, 6.07) is 0. The van der Waals surface area contributed by atoms with Crippen LogP contribution in [-0.2, 0) is 4.74 Å². The van der Waals surface area contributed by atoms with Crippen molar-refractivity contribution in [2.45, 2.75) is 18.9 Å². The minimum Gasteiger partial charge on any atom is -0.376 e. The number of ether oxygens (including phenoxy) is 1. The molecule has 7 heteroatoms. The van der Waals surface area contributed by atoms with Gasteiger partial charge in [-0.2, -0.15) is 0 Å². The summed E-state index contributed by atoms with van der Waals surface area (Å²) < 4.78 is 5.41. The molecular formula is C7H14N4OS2. The third kappa shape index (κ3) is 4.54. The van der Waals surface area contributed by atoms with Gasteiger partial charge in [-0.1, -0.05) is 0 Å². The quantitative estimate of drug-likeness (QED) is 0.375. The molecule has 1 aliphatic heterocycles. The largest absolute Gasteiger partial charge is 0.376 e. The Morgan fingerprint density at radius 2 is 2.21 bits per heavy atom. The van der Waals surface area contributed by atoms with Gasteiger partial charge >= 0.3 is 0 Å². The first-order valence-corrected chi connectivity index (χ1v) is 5.21. The van der Waals surface area contributed by atoms with Crippen LogP contribution >= 0.6 is 24.4 Å². The summed E-state index contributed by atoms with van der Waals surface area (Å²) in [6.45, 7) is 1.56. The van der Waals surface area contributed by atoms with Crippen LogP contribution in [0.5, 0.6) is 0 Å². The zero-order chi connectivity index (χ0) is 10.4. The second kappa shape index (κ2) is 5.94. The fraction of sp³-hybridized carbons (Fsp3) is 0.714. The lowest BCUT2D eigenvalue weighted by atomic mass is 10.2. The maximum Gasteiger partial charge on any atom is 0.185 e. The van der Waals surface area contributed by atoms with Crippen LogP contribution in [0.15, 0.2) is 0 Å². The molecule has 0 aliphatic carbocycles. The van der Waals surface area contributed by atoms with E-state index in [1.165, 1.54) is 0 Å². The van der Waals surface area contributed by atoms with Crippen molar-refractivity contribution in [1.29, 1.82) is 0 Å². The molecule has 1 rings (SSSR count). The van der Waals surface area contributed by atoms with E-state index < -0.39 is 0 Å². The van der Waals surface area contributed by atoms with E-state index in [1.807, 2.05) is 0 Å². The van der Waals surface area contributed by atoms with Gasteiger partial charge in [-0.3, -0.25) is 10.9 Å². The van der Waals surface area contributed by atoms with E-state index >= 15 is 0 Å². The summed E-state index contributed by atoms with van der Waals surface area (Å²) in [5, 5.41) is 3.62. The average molecular weight is 234 g/mol. The molecule has 0 aromatic heterocycles. The van der Waals surface area contributed by atoms with Crippen molar-refractivity contribution in [2.24, 2.45) is 5.73 Å². The fourth-order valence-corrected chi connectivity index (χ4v) is 1.36. The monoisotopic (exact) mass is 234 g/mol. The van der Waals surface area contributed by atoms with Crippen molar-refractivity contribution in [2.75, 3.05) is 13.2 Å². The lowest BCUT2D eigenvalue weighted by Crippen LogP contribution is -2.49. The fourth-order valence-electron chi connectivity index (χ4n) is 1.17. The van der Waals surface area contributed by atoms with Crippen LogP contribution in [0.25, 0.3) is 0 Å². The topological polar surface area (TPSA) is 71.3 Å². The summed E-state index contributed by atoms with van der Waals surface area (Å²) in [7, 11) is 0. The Hall–Kier alpha value is -0.660. The zero-order valence-corrected chi connectivity index (χ0v) is 9.34. The molecule has 1 heterocycles. The van der Waals surface area contributed by atoms with E-state index in [2.05, 4.69) is 28.4 Å². The van der Waals surface area contributed by atoms with E-state index in [9.17, 15) is 0 Å². The lowest BCUT2D eigenvalue weighted by molar-refractivity contribution is 0.114. The third-order valence-electron chi connectivity index (χ3n) is 1.81. The first kappa shape index (κ1) is 11.4. The maximum atomic E-state index is 5.41. The molecule has 0 aromatic rings. The summed E-state index contributed by atoms with van der Waals surface area (Å²) in [6.07, 6.45) is 2.47. The van der Waals surface area contributed by atoms with Gasteiger partial charge in [0.1, 0.15) is 0 Å². The number of rotatable bonds is 2. The Bertz CT molecular complexity index is 218. The van der Waals surface area contributed by atoms with Gasteiger partial charge in [-0.25, -0.2) is 0 Å². The smallest absolute Gasteiger partial charge is 0.185 e. The first-order chi connectivity index (χ1) is 6.68. The maximum absolute atomic E-state index is 5.41. The Balaban J connectivity index is 2.05. The van der Waals surface area contributed by atoms with E-state index in [0.717, 1.165) is 19.4 Å². The molecule has 0 bridgehead atoms. The molecule has 1 fully saturated rings. The van der Waals surface area contributed by atoms with Crippen molar-refractivity contribution in [3.63, 3.8) is 0 Å². The molecule has 1 atom stereocenters. The molecule has 1 aliphatic rings. The minimum absolute atomic E-state index is 0.159. The number of thiocarbonyl (C=S) groups is 2. The summed E-state index contributed by atoms with van der Waals surface area (Å²) >= 11 is 9.55. The highest BCUT2D eigenvalue weighted by Gasteiger charge is 2.14. The molecule has 14 heavy (non-hydrogen) atoms. The predicted octanol–water partition coefficient (Wildman–Crippen LogP) is -0.622. The zero-order valence-electron chi connectivity index (χ0n) is 7.71. The van der Waals surface area contributed by atoms with Gasteiger partial charge < -0.3 is 15.8 Å². The van der Waals surface area contributed by atoms with Crippen LogP contribution in [0.3, 0.4) is 0 Å². The Kier molecular flexibility index (Phi) is 4.85. The third-order valence-corrected chi connectivity index (χ3v) is 2.16. The molecule has 0 spiro atoms. The van der Waals surface area contributed by atoms with Crippen LogP contribution in [0.2, 0.25) is 0 Å². The molecule has 80 valence electrons. The molecule has 1 unspecified atom stereocenters. The van der Waals surface area contributed by atoms with Crippen molar-refractivity contribution in [3.8, 4) is 0 Å². The van der Waals surface area contributed by atoms with Crippen molar-refractivity contribution >= 4 is 34.7 Å². The molecule has 0 radical (unpaired) electrons. The van der Waals surface area contributed by atoms with Crippen molar-refractivity contribution < 1.29 is 4.74 Å². The summed E-state index contributed by atoms with van der Waals surface area (Å²) in [5.74, 6) is 0. The van der Waals surface area contributed by atoms with Crippen LogP contribution in [0.4, 0.5) is 0 Å². The van der Waals surface area contributed by atoms with Gasteiger partial charge in [0, 0.05) is 13.2 Å². The predicted molar refractivity (Wildman–Crippen MR) is 62.6 cm³/mol. The van der Waals surface area contributed by atoms with Gasteiger partial charge in [0.2, 0.25) is 0 Å². The van der Waals surface area contributed by atoms with Gasteiger partial charge in [0.15, 0.2) is 10.2 Å². The van der Waals surface area contributed by atoms with Crippen molar-refractivity contribution in [1.82, 2.24) is 16.2 Å². The number of hydrogen-bond donors (Lipinski definition) is 4. The second-order valence-corrected chi connectivity index (χ2v) is 3.81. The minimum atomic E-state index is 0.159. The van der Waals surface area contributed by atoms with E-state index in [0.29, 0.717) is 11.7 Å². The van der Waals surface area contributed by atoms with Crippen LogP contribution in [0.1, 0.15) is 12.8 Å². The Morgan fingerprint density at radius 1 is 1.43 bits per heavy atom. The number of hydrogen-bond acceptors (Lipinski definition) is 3. The number of nitrogens with two attached hydrogens (primary N) is 1. The highest BCUT2D eigenvalue weighted by molar-refractivity contribution is 7.80. The van der Waals surface area contributed by atoms with Crippen LogP contribution in [0, 0.1) is 0 Å². The van der Waals surface area contributed by atoms with E-state index in [1.54, 1.807) is 0 Å². The molecular weight excluding hydrogens is 220 g/mol. The highest BCUT2D eigenvalue weighted by atomic mass is 32.1. The van der Waals surface area contributed by atoms with E-state index in [4.69, 9.17) is 22.7 Å². The van der Waals surface area contributed by atoms with Gasteiger partial charge in [0.05, 0.1) is 6.10 Å². The van der Waals surface area contributed by atoms with Crippen LogP contribution < -0.4 is 21.9 Å². The van der Waals surface area contributed by atoms with Gasteiger partial charge in [-0.05, 0) is 37.3 Å². The Morgan fingerprint density at radius 3 is 2.79 bits per heavy atom. The molecule has 0 aromatic carbocycles. The highest BCUT2D eigenvalue weighted by Crippen LogP contribution is 2.10. The summed E-state index contributed by atoms with van der Waals surface area (Å²) in [5.41, 5.74) is 10.4. The van der Waals surface area contributed by atoms with E-state index in [-0.39, 0.29) is 11.2 Å². The molecule has 0 saturated carbocycles. The lowest BCUT2D eigenvalue weighted by Gasteiger charge is -2.14. The first-order valence-electron chi connectivity index (χ1n) is 4.39. The average Bonchev–Trinajstić information content (AvgIpc) is 2.63. The number of hydrazine groups is 1.